The maximum absolute atomic E-state index is 2.44. The lowest BCUT2D eigenvalue weighted by Crippen LogP contribution is -2.31. The molecule has 4 aromatic rings. The van der Waals surface area contributed by atoms with Gasteiger partial charge in [-0.1, -0.05) is 79.7 Å². The van der Waals surface area contributed by atoms with E-state index in [-0.39, 0.29) is 7.92 Å². The van der Waals surface area contributed by atoms with Crippen LogP contribution in [-0.2, 0) is 13.1 Å². The smallest absolute Gasteiger partial charge is 0.230 e. The number of benzene rings is 3. The summed E-state index contributed by atoms with van der Waals surface area (Å²) in [5, 5.41) is 2.91. The van der Waals surface area contributed by atoms with Crippen molar-refractivity contribution < 1.29 is 4.57 Å². The fraction of sp³-hybridized carbons (Fsp3) is 0.208. The zero-order chi connectivity index (χ0) is 18.5. The molecule has 2 nitrogen and oxygen atoms in total. The Morgan fingerprint density at radius 1 is 0.778 bits per heavy atom. The second kappa shape index (κ2) is 8.50. The molecule has 0 radical (unpaired) electrons. The van der Waals surface area contributed by atoms with Gasteiger partial charge in [-0.2, -0.15) is 0 Å². The molecular formula is C24H26N2P+. The molecule has 3 heteroatoms. The van der Waals surface area contributed by atoms with E-state index in [1.807, 2.05) is 0 Å². The first kappa shape index (κ1) is 17.9. The van der Waals surface area contributed by atoms with Crippen molar-refractivity contribution in [2.45, 2.75) is 26.4 Å². The topological polar surface area (TPSA) is 8.81 Å². The zero-order valence-corrected chi connectivity index (χ0v) is 16.7. The summed E-state index contributed by atoms with van der Waals surface area (Å²) >= 11 is 0. The average Bonchev–Trinajstić information content (AvgIpc) is 3.08. The summed E-state index contributed by atoms with van der Waals surface area (Å²) in [6.07, 6.45) is 4.60. The van der Waals surface area contributed by atoms with E-state index in [2.05, 4.69) is 107 Å². The molecule has 0 spiro atoms. The molecule has 27 heavy (non-hydrogen) atoms. The summed E-state index contributed by atoms with van der Waals surface area (Å²) in [6.45, 7) is 4.34. The van der Waals surface area contributed by atoms with Gasteiger partial charge in [-0.25, -0.2) is 9.13 Å². The van der Waals surface area contributed by atoms with Crippen LogP contribution in [0.2, 0.25) is 0 Å². The number of aryl methyl sites for hydroxylation is 2. The van der Waals surface area contributed by atoms with Crippen LogP contribution in [0.1, 0.15) is 13.3 Å². The van der Waals surface area contributed by atoms with Crippen LogP contribution < -0.4 is 15.2 Å². The number of para-hydroxylation sites is 2. The summed E-state index contributed by atoms with van der Waals surface area (Å²) < 4.78 is 4.83. The highest BCUT2D eigenvalue weighted by molar-refractivity contribution is 7.73. The number of fused-ring (bicyclic) bond motifs is 1. The predicted octanol–water partition coefficient (Wildman–Crippen LogP) is 4.47. The van der Waals surface area contributed by atoms with E-state index in [0.717, 1.165) is 25.7 Å². The molecule has 3 aromatic carbocycles. The monoisotopic (exact) mass is 373 g/mol. The number of hydrogen-bond donors (Lipinski definition) is 0. The largest absolute Gasteiger partial charge is 0.244 e. The van der Waals surface area contributed by atoms with E-state index < -0.39 is 0 Å². The second-order valence-electron chi connectivity index (χ2n) is 6.81. The molecule has 0 unspecified atom stereocenters. The van der Waals surface area contributed by atoms with Crippen LogP contribution in [0.25, 0.3) is 11.0 Å². The molecule has 1 heterocycles. The maximum Gasteiger partial charge on any atom is 0.244 e. The van der Waals surface area contributed by atoms with Crippen molar-refractivity contribution in [3.63, 3.8) is 0 Å². The van der Waals surface area contributed by atoms with Crippen molar-refractivity contribution in [3.05, 3.63) is 91.3 Å². The van der Waals surface area contributed by atoms with E-state index in [0.29, 0.717) is 0 Å². The summed E-state index contributed by atoms with van der Waals surface area (Å²) in [4.78, 5) is 0. The van der Waals surface area contributed by atoms with Crippen LogP contribution in [0.4, 0.5) is 0 Å². The SMILES string of the molecule is CCC[n+]1cn(CCP(c2ccccc2)c2ccccc2)c2ccccc21. The first-order valence-electron chi connectivity index (χ1n) is 9.72. The minimum absolute atomic E-state index is 0.359. The van der Waals surface area contributed by atoms with Gasteiger partial charge < -0.3 is 0 Å². The molecule has 0 aliphatic rings. The summed E-state index contributed by atoms with van der Waals surface area (Å²) in [7, 11) is -0.359. The van der Waals surface area contributed by atoms with Crippen LogP contribution in [-0.4, -0.2) is 10.7 Å². The molecule has 0 atom stereocenters. The Morgan fingerprint density at radius 3 is 2.00 bits per heavy atom. The number of aromatic nitrogens is 2. The highest BCUT2D eigenvalue weighted by atomic mass is 31.1. The fourth-order valence-electron chi connectivity index (χ4n) is 3.67. The van der Waals surface area contributed by atoms with Gasteiger partial charge in [-0.3, -0.25) is 0 Å². The molecular weight excluding hydrogens is 347 g/mol. The van der Waals surface area contributed by atoms with Crippen LogP contribution in [0, 0.1) is 0 Å². The standard InChI is InChI=1S/C24H26N2P/c1-2-17-25-20-26(24-16-10-9-15-23(24)25)18-19-27(21-11-5-3-6-12-21)22-13-7-4-8-14-22/h3-16,20H,2,17-19H2,1H3/q+1. The molecule has 0 aliphatic heterocycles. The molecule has 0 amide bonds. The van der Waals surface area contributed by atoms with Crippen molar-refractivity contribution in [2.75, 3.05) is 6.16 Å². The van der Waals surface area contributed by atoms with Gasteiger partial charge in [-0.15, -0.1) is 0 Å². The lowest BCUT2D eigenvalue weighted by molar-refractivity contribution is -0.672. The van der Waals surface area contributed by atoms with Crippen LogP contribution in [0.15, 0.2) is 91.3 Å². The third kappa shape index (κ3) is 3.96. The van der Waals surface area contributed by atoms with Crippen LogP contribution in [0.3, 0.4) is 0 Å². The fourth-order valence-corrected chi connectivity index (χ4v) is 5.96. The number of imidazole rings is 1. The predicted molar refractivity (Wildman–Crippen MR) is 116 cm³/mol. The molecule has 0 fully saturated rings. The first-order valence-corrected chi connectivity index (χ1v) is 11.2. The summed E-state index contributed by atoms with van der Waals surface area (Å²) in [5.41, 5.74) is 2.67. The lowest BCUT2D eigenvalue weighted by Gasteiger charge is -2.17. The first-order chi connectivity index (χ1) is 13.4. The number of rotatable bonds is 7. The molecule has 0 saturated carbocycles. The molecule has 0 N–H and O–H groups in total. The normalized spacial score (nSPS) is 11.3. The van der Waals surface area contributed by atoms with Gasteiger partial charge in [0.1, 0.15) is 0 Å². The van der Waals surface area contributed by atoms with Gasteiger partial charge in [0, 0.05) is 6.16 Å². The Bertz CT molecular complexity index is 953. The third-order valence-corrected chi connectivity index (χ3v) is 7.43. The van der Waals surface area contributed by atoms with Gasteiger partial charge in [0.2, 0.25) is 6.33 Å². The number of nitrogens with zero attached hydrogens (tertiary/aromatic N) is 2. The van der Waals surface area contributed by atoms with Gasteiger partial charge >= 0.3 is 0 Å². The van der Waals surface area contributed by atoms with Crippen LogP contribution in [0.5, 0.6) is 0 Å². The molecule has 136 valence electrons. The Hall–Kier alpha value is -2.44. The second-order valence-corrected chi connectivity index (χ2v) is 9.15. The van der Waals surface area contributed by atoms with E-state index in [1.165, 1.54) is 21.6 Å². The van der Waals surface area contributed by atoms with Crippen LogP contribution >= 0.6 is 7.92 Å². The Morgan fingerprint density at radius 2 is 1.37 bits per heavy atom. The minimum atomic E-state index is -0.359. The Labute approximate surface area is 162 Å². The third-order valence-electron chi connectivity index (χ3n) is 4.94. The molecule has 1 aromatic heterocycles. The van der Waals surface area contributed by atoms with E-state index in [4.69, 9.17) is 0 Å². The molecule has 4 rings (SSSR count). The van der Waals surface area contributed by atoms with Crippen molar-refractivity contribution in [1.29, 1.82) is 0 Å². The quantitative estimate of drug-likeness (QED) is 0.334. The summed E-state index contributed by atoms with van der Waals surface area (Å²) in [5.74, 6) is 0. The zero-order valence-electron chi connectivity index (χ0n) is 15.8. The van der Waals surface area contributed by atoms with Crippen molar-refractivity contribution in [3.8, 4) is 0 Å². The average molecular weight is 373 g/mol. The summed E-state index contributed by atoms with van der Waals surface area (Å²) in [6, 6.07) is 30.7. The lowest BCUT2D eigenvalue weighted by atomic mass is 10.3. The molecule has 0 saturated heterocycles. The Kier molecular flexibility index (Phi) is 5.65. The highest BCUT2D eigenvalue weighted by Crippen LogP contribution is 2.33. The van der Waals surface area contributed by atoms with Gasteiger partial charge in [-0.05, 0) is 37.1 Å². The van der Waals surface area contributed by atoms with Crippen molar-refractivity contribution in [1.82, 2.24) is 4.57 Å². The Balaban J connectivity index is 1.65. The molecule has 0 aliphatic carbocycles. The minimum Gasteiger partial charge on any atom is -0.230 e. The van der Waals surface area contributed by atoms with Gasteiger partial charge in [0.15, 0.2) is 11.0 Å². The van der Waals surface area contributed by atoms with E-state index in [1.54, 1.807) is 0 Å². The molecule has 0 bridgehead atoms. The van der Waals surface area contributed by atoms with Gasteiger partial charge in [0.25, 0.3) is 0 Å². The van der Waals surface area contributed by atoms with Gasteiger partial charge in [0.05, 0.1) is 13.1 Å². The number of hydrogen-bond acceptors (Lipinski definition) is 0. The van der Waals surface area contributed by atoms with Crippen molar-refractivity contribution >= 4 is 29.6 Å². The van der Waals surface area contributed by atoms with E-state index >= 15 is 0 Å². The van der Waals surface area contributed by atoms with E-state index in [9.17, 15) is 0 Å². The highest BCUT2D eigenvalue weighted by Gasteiger charge is 2.18. The van der Waals surface area contributed by atoms with Crippen molar-refractivity contribution in [2.24, 2.45) is 0 Å². The maximum atomic E-state index is 2.44.